The number of benzene rings is 2. The molecule has 0 aliphatic heterocycles. The van der Waals surface area contributed by atoms with Gasteiger partial charge in [0.05, 0.1) is 28.4 Å². The molecule has 2 aromatic rings. The van der Waals surface area contributed by atoms with Gasteiger partial charge in [-0.1, -0.05) is 43.5 Å². The summed E-state index contributed by atoms with van der Waals surface area (Å²) in [5, 5.41) is 10.8. The molecule has 6 heteroatoms. The van der Waals surface area contributed by atoms with E-state index in [9.17, 15) is 9.90 Å². The quantitative estimate of drug-likeness (QED) is 0.249. The van der Waals surface area contributed by atoms with Crippen molar-refractivity contribution in [1.29, 1.82) is 0 Å². The molecule has 0 atom stereocenters. The Labute approximate surface area is 201 Å². The van der Waals surface area contributed by atoms with E-state index in [4.69, 9.17) is 18.9 Å². The topological polar surface area (TPSA) is 74.2 Å². The Kier molecular flexibility index (Phi) is 8.79. The molecule has 3 rings (SSSR count). The molecular weight excluding hydrogens is 432 g/mol. The van der Waals surface area contributed by atoms with Crippen LogP contribution >= 0.6 is 0 Å². The van der Waals surface area contributed by atoms with E-state index < -0.39 is 0 Å². The summed E-state index contributed by atoms with van der Waals surface area (Å²) in [4.78, 5) is 13.1. The number of methoxy groups -OCH3 is 4. The molecule has 2 aromatic carbocycles. The van der Waals surface area contributed by atoms with Crippen molar-refractivity contribution in [1.82, 2.24) is 0 Å². The lowest BCUT2D eigenvalue weighted by molar-refractivity contribution is -0.111. The average molecular weight is 465 g/mol. The van der Waals surface area contributed by atoms with Crippen molar-refractivity contribution < 1.29 is 28.8 Å². The largest absolute Gasteiger partial charge is 0.508 e. The molecule has 0 spiro atoms. The molecule has 0 amide bonds. The molecule has 1 aliphatic rings. The Morgan fingerprint density at radius 2 is 1.32 bits per heavy atom. The fourth-order valence-corrected chi connectivity index (χ4v) is 3.78. The molecule has 1 N–H and O–H groups in total. The van der Waals surface area contributed by atoms with E-state index in [1.54, 1.807) is 64.9 Å². The molecule has 180 valence electrons. The van der Waals surface area contributed by atoms with Gasteiger partial charge >= 0.3 is 0 Å². The van der Waals surface area contributed by atoms with Crippen LogP contribution in [0.2, 0.25) is 0 Å². The van der Waals surface area contributed by atoms with Crippen LogP contribution in [0.4, 0.5) is 0 Å². The van der Waals surface area contributed by atoms with Crippen LogP contribution in [0.25, 0.3) is 12.2 Å². The first-order valence-electron chi connectivity index (χ1n) is 11.3. The molecular formula is C28H32O6. The van der Waals surface area contributed by atoms with Gasteiger partial charge in [-0.3, -0.25) is 4.79 Å². The van der Waals surface area contributed by atoms with Gasteiger partial charge in [0.15, 0.2) is 28.8 Å². The lowest BCUT2D eigenvalue weighted by Gasteiger charge is -2.25. The summed E-state index contributed by atoms with van der Waals surface area (Å²) in [6, 6.07) is 10.9. The van der Waals surface area contributed by atoms with Gasteiger partial charge in [0, 0.05) is 5.57 Å². The van der Waals surface area contributed by atoms with Gasteiger partial charge in [-0.25, -0.2) is 0 Å². The highest BCUT2D eigenvalue weighted by Gasteiger charge is 2.23. The SMILES string of the molecule is COc1ccc(/C=C/C(=O)/C(CC2CCC2)=C(O)/C=C/c2ccc(OC)c(OC)c2)cc1OC. The first-order valence-corrected chi connectivity index (χ1v) is 11.3. The van der Waals surface area contributed by atoms with Gasteiger partial charge in [0.1, 0.15) is 5.76 Å². The van der Waals surface area contributed by atoms with E-state index in [-0.39, 0.29) is 11.5 Å². The second-order valence-corrected chi connectivity index (χ2v) is 8.12. The van der Waals surface area contributed by atoms with Crippen molar-refractivity contribution in [2.24, 2.45) is 5.92 Å². The molecule has 0 aromatic heterocycles. The summed E-state index contributed by atoms with van der Waals surface area (Å²) >= 11 is 0. The minimum atomic E-state index is -0.212. The Morgan fingerprint density at radius 1 is 0.824 bits per heavy atom. The third-order valence-electron chi connectivity index (χ3n) is 6.00. The number of ether oxygens (including phenoxy) is 4. The normalized spacial score (nSPS) is 14.6. The number of allylic oxidation sites excluding steroid dienone is 3. The number of carbonyl (C=O) groups excluding carboxylic acids is 1. The summed E-state index contributed by atoms with van der Waals surface area (Å²) in [7, 11) is 6.30. The lowest BCUT2D eigenvalue weighted by Crippen LogP contribution is -2.15. The van der Waals surface area contributed by atoms with E-state index in [2.05, 4.69) is 0 Å². The summed E-state index contributed by atoms with van der Waals surface area (Å²) < 4.78 is 21.2. The molecule has 0 radical (unpaired) electrons. The monoisotopic (exact) mass is 464 g/mol. The van der Waals surface area contributed by atoms with Crippen LogP contribution in [0, 0.1) is 5.92 Å². The van der Waals surface area contributed by atoms with Gasteiger partial charge in [0.25, 0.3) is 0 Å². The number of rotatable bonds is 11. The molecule has 1 aliphatic carbocycles. The summed E-state index contributed by atoms with van der Waals surface area (Å²) in [6.07, 6.45) is 10.4. The Bertz CT molecular complexity index is 1090. The van der Waals surface area contributed by atoms with Crippen LogP contribution in [0.15, 0.2) is 59.9 Å². The standard InChI is InChI=1S/C28H32O6/c1-31-25-14-10-20(17-27(25)33-3)8-12-23(29)22(16-19-6-5-7-19)24(30)13-9-21-11-15-26(32-2)28(18-21)34-4/h8-15,17-19,29H,5-7,16H2,1-4H3/b12-8+,13-9+,23-22-. The number of aliphatic hydroxyl groups excluding tert-OH is 1. The van der Waals surface area contributed by atoms with Crippen molar-refractivity contribution in [3.63, 3.8) is 0 Å². The van der Waals surface area contributed by atoms with Crippen molar-refractivity contribution in [2.75, 3.05) is 28.4 Å². The Morgan fingerprint density at radius 3 is 1.76 bits per heavy atom. The van der Waals surface area contributed by atoms with Crippen LogP contribution in [-0.4, -0.2) is 39.3 Å². The maximum absolute atomic E-state index is 13.1. The molecule has 1 saturated carbocycles. The molecule has 34 heavy (non-hydrogen) atoms. The minimum absolute atomic E-state index is 0.0244. The highest BCUT2D eigenvalue weighted by molar-refractivity contribution is 6.07. The molecule has 0 bridgehead atoms. The van der Waals surface area contributed by atoms with E-state index in [0.717, 1.165) is 30.4 Å². The second-order valence-electron chi connectivity index (χ2n) is 8.12. The number of ketones is 1. The third kappa shape index (κ3) is 6.22. The van der Waals surface area contributed by atoms with Crippen molar-refractivity contribution in [2.45, 2.75) is 25.7 Å². The number of hydrogen-bond donors (Lipinski definition) is 1. The molecule has 0 heterocycles. The number of aliphatic hydroxyl groups is 1. The molecule has 0 saturated heterocycles. The maximum Gasteiger partial charge on any atom is 0.185 e. The van der Waals surface area contributed by atoms with E-state index in [1.807, 2.05) is 18.2 Å². The third-order valence-corrected chi connectivity index (χ3v) is 6.00. The summed E-state index contributed by atoms with van der Waals surface area (Å²) in [6.45, 7) is 0. The smallest absolute Gasteiger partial charge is 0.185 e. The zero-order valence-electron chi connectivity index (χ0n) is 20.2. The second kappa shape index (κ2) is 12.0. The number of hydrogen-bond acceptors (Lipinski definition) is 6. The van der Waals surface area contributed by atoms with E-state index in [0.29, 0.717) is 40.9 Å². The van der Waals surface area contributed by atoms with Crippen LogP contribution in [-0.2, 0) is 4.79 Å². The number of carbonyl (C=O) groups is 1. The summed E-state index contributed by atoms with van der Waals surface area (Å²) in [5.41, 5.74) is 2.04. The average Bonchev–Trinajstić information content (AvgIpc) is 2.84. The zero-order valence-corrected chi connectivity index (χ0v) is 20.2. The fraction of sp³-hybridized carbons (Fsp3) is 0.321. The summed E-state index contributed by atoms with van der Waals surface area (Å²) in [5.74, 6) is 2.61. The first-order chi connectivity index (χ1) is 16.5. The molecule has 6 nitrogen and oxygen atoms in total. The lowest BCUT2D eigenvalue weighted by atomic mass is 9.79. The van der Waals surface area contributed by atoms with Crippen molar-refractivity contribution in [3.8, 4) is 23.0 Å². The van der Waals surface area contributed by atoms with E-state index >= 15 is 0 Å². The van der Waals surface area contributed by atoms with Crippen molar-refractivity contribution >= 4 is 17.9 Å². The molecule has 0 unspecified atom stereocenters. The van der Waals surface area contributed by atoms with Gasteiger partial charge < -0.3 is 24.1 Å². The van der Waals surface area contributed by atoms with Gasteiger partial charge in [0.2, 0.25) is 0 Å². The predicted octanol–water partition coefficient (Wildman–Crippen LogP) is 6.02. The van der Waals surface area contributed by atoms with Gasteiger partial charge in [-0.2, -0.15) is 0 Å². The first kappa shape index (κ1) is 25.0. The maximum atomic E-state index is 13.1. The van der Waals surface area contributed by atoms with E-state index in [1.165, 1.54) is 6.08 Å². The minimum Gasteiger partial charge on any atom is -0.508 e. The van der Waals surface area contributed by atoms with Gasteiger partial charge in [-0.05, 0) is 59.9 Å². The van der Waals surface area contributed by atoms with Crippen LogP contribution in [0.3, 0.4) is 0 Å². The Hall–Kier alpha value is -3.67. The highest BCUT2D eigenvalue weighted by atomic mass is 16.5. The fourth-order valence-electron chi connectivity index (χ4n) is 3.78. The van der Waals surface area contributed by atoms with Gasteiger partial charge in [-0.15, -0.1) is 0 Å². The van der Waals surface area contributed by atoms with Crippen LogP contribution in [0.1, 0.15) is 36.8 Å². The molecule has 1 fully saturated rings. The predicted molar refractivity (Wildman–Crippen MR) is 134 cm³/mol. The highest BCUT2D eigenvalue weighted by Crippen LogP contribution is 2.34. The van der Waals surface area contributed by atoms with Crippen molar-refractivity contribution in [3.05, 3.63) is 71.0 Å². The zero-order chi connectivity index (χ0) is 24.5. The van der Waals surface area contributed by atoms with Crippen LogP contribution in [0.5, 0.6) is 23.0 Å². The van der Waals surface area contributed by atoms with Crippen LogP contribution < -0.4 is 18.9 Å². The Balaban J connectivity index is 1.84.